The fourth-order valence-electron chi connectivity index (χ4n) is 1.27. The summed E-state index contributed by atoms with van der Waals surface area (Å²) in [7, 11) is 0. The van der Waals surface area contributed by atoms with Crippen LogP contribution in [0.25, 0.3) is 0 Å². The number of rotatable bonds is 2. The lowest BCUT2D eigenvalue weighted by molar-refractivity contribution is 0.376. The highest BCUT2D eigenvalue weighted by molar-refractivity contribution is 5.17. The van der Waals surface area contributed by atoms with Gasteiger partial charge in [-0.2, -0.15) is 0 Å². The fourth-order valence-corrected chi connectivity index (χ4v) is 1.27. The quantitative estimate of drug-likeness (QED) is 0.675. The monoisotopic (exact) mass is 177 g/mol. The maximum atomic E-state index is 4.38. The molecule has 0 bridgehead atoms. The molecule has 0 saturated carbocycles. The summed E-state index contributed by atoms with van der Waals surface area (Å²) in [5, 5.41) is 0. The van der Waals surface area contributed by atoms with Gasteiger partial charge >= 0.3 is 0 Å². The van der Waals surface area contributed by atoms with E-state index in [9.17, 15) is 0 Å². The number of pyridine rings is 1. The molecule has 0 saturated heterocycles. The van der Waals surface area contributed by atoms with Crippen molar-refractivity contribution in [3.05, 3.63) is 29.6 Å². The van der Waals surface area contributed by atoms with E-state index in [1.807, 2.05) is 12.3 Å². The minimum absolute atomic E-state index is 0.407. The van der Waals surface area contributed by atoms with Gasteiger partial charge in [0.2, 0.25) is 0 Å². The van der Waals surface area contributed by atoms with E-state index in [1.54, 1.807) is 0 Å². The van der Waals surface area contributed by atoms with Gasteiger partial charge in [-0.15, -0.1) is 0 Å². The first-order valence-corrected chi connectivity index (χ1v) is 4.89. The summed E-state index contributed by atoms with van der Waals surface area (Å²) in [5.74, 6) is 0. The minimum Gasteiger partial charge on any atom is -0.261 e. The fraction of sp³-hybridized carbons (Fsp3) is 0.583. The lowest BCUT2D eigenvalue weighted by Crippen LogP contribution is -2.07. The second-order valence-electron chi connectivity index (χ2n) is 4.83. The molecule has 0 radical (unpaired) electrons. The number of hydrogen-bond acceptors (Lipinski definition) is 1. The summed E-state index contributed by atoms with van der Waals surface area (Å²) in [6.07, 6.45) is 4.17. The highest BCUT2D eigenvalue weighted by atomic mass is 14.7. The third kappa shape index (κ3) is 3.58. The SMILES string of the molecule is Cc1cccnc1CCC(C)(C)C. The van der Waals surface area contributed by atoms with Crippen molar-refractivity contribution in [2.24, 2.45) is 5.41 Å². The summed E-state index contributed by atoms with van der Waals surface area (Å²) >= 11 is 0. The second kappa shape index (κ2) is 3.91. The van der Waals surface area contributed by atoms with Gasteiger partial charge in [-0.05, 0) is 36.8 Å². The first-order chi connectivity index (χ1) is 5.99. The maximum Gasteiger partial charge on any atom is 0.0432 e. The topological polar surface area (TPSA) is 12.9 Å². The largest absolute Gasteiger partial charge is 0.261 e. The van der Waals surface area contributed by atoms with Gasteiger partial charge in [0.25, 0.3) is 0 Å². The van der Waals surface area contributed by atoms with Crippen molar-refractivity contribution >= 4 is 0 Å². The zero-order valence-corrected chi connectivity index (χ0v) is 9.09. The van der Waals surface area contributed by atoms with Crippen LogP contribution >= 0.6 is 0 Å². The van der Waals surface area contributed by atoms with E-state index < -0.39 is 0 Å². The Morgan fingerprint density at radius 1 is 1.31 bits per heavy atom. The van der Waals surface area contributed by atoms with Gasteiger partial charge in [0.05, 0.1) is 0 Å². The third-order valence-electron chi connectivity index (χ3n) is 2.23. The first-order valence-electron chi connectivity index (χ1n) is 4.89. The lowest BCUT2D eigenvalue weighted by atomic mass is 9.89. The molecule has 1 aromatic rings. The van der Waals surface area contributed by atoms with Crippen molar-refractivity contribution in [1.29, 1.82) is 0 Å². The van der Waals surface area contributed by atoms with Crippen LogP contribution in [0.15, 0.2) is 18.3 Å². The summed E-state index contributed by atoms with van der Waals surface area (Å²) in [6, 6.07) is 4.13. The van der Waals surface area contributed by atoms with Crippen LogP contribution in [0.2, 0.25) is 0 Å². The number of aryl methyl sites for hydroxylation is 2. The second-order valence-corrected chi connectivity index (χ2v) is 4.83. The van der Waals surface area contributed by atoms with Crippen LogP contribution in [0.5, 0.6) is 0 Å². The van der Waals surface area contributed by atoms with E-state index >= 15 is 0 Å². The molecule has 1 heteroatoms. The number of hydrogen-bond donors (Lipinski definition) is 0. The molecule has 0 aliphatic heterocycles. The number of nitrogens with zero attached hydrogens (tertiary/aromatic N) is 1. The van der Waals surface area contributed by atoms with E-state index in [4.69, 9.17) is 0 Å². The Kier molecular flexibility index (Phi) is 3.07. The van der Waals surface area contributed by atoms with E-state index in [0.29, 0.717) is 5.41 Å². The van der Waals surface area contributed by atoms with Crippen LogP contribution in [0.1, 0.15) is 38.4 Å². The Bertz CT molecular complexity index is 271. The first kappa shape index (κ1) is 10.2. The predicted octanol–water partition coefficient (Wildman–Crippen LogP) is 3.37. The zero-order chi connectivity index (χ0) is 9.90. The molecule has 0 amide bonds. The molecule has 1 aromatic heterocycles. The van der Waals surface area contributed by atoms with Crippen LogP contribution in [-0.4, -0.2) is 4.98 Å². The standard InChI is InChI=1S/C12H19N/c1-10-6-5-9-13-11(10)7-8-12(2,3)4/h5-6,9H,7-8H2,1-4H3. The molecule has 0 aliphatic carbocycles. The molecular formula is C12H19N. The molecule has 0 N–H and O–H groups in total. The molecule has 0 fully saturated rings. The van der Waals surface area contributed by atoms with Gasteiger partial charge in [-0.25, -0.2) is 0 Å². The minimum atomic E-state index is 0.407. The summed E-state index contributed by atoms with van der Waals surface area (Å²) in [4.78, 5) is 4.38. The molecule has 0 aromatic carbocycles. The molecule has 72 valence electrons. The molecule has 13 heavy (non-hydrogen) atoms. The molecule has 0 aliphatic rings. The number of aromatic nitrogens is 1. The molecule has 0 spiro atoms. The zero-order valence-electron chi connectivity index (χ0n) is 9.09. The average Bonchev–Trinajstić information content (AvgIpc) is 2.01. The normalized spacial score (nSPS) is 11.7. The van der Waals surface area contributed by atoms with E-state index in [2.05, 4.69) is 38.7 Å². The van der Waals surface area contributed by atoms with Gasteiger partial charge in [-0.1, -0.05) is 26.8 Å². The Labute approximate surface area is 81.2 Å². The van der Waals surface area contributed by atoms with Crippen molar-refractivity contribution in [3.8, 4) is 0 Å². The van der Waals surface area contributed by atoms with Gasteiger partial charge in [-0.3, -0.25) is 4.98 Å². The molecule has 1 heterocycles. The van der Waals surface area contributed by atoms with Gasteiger partial charge in [0.15, 0.2) is 0 Å². The smallest absolute Gasteiger partial charge is 0.0432 e. The van der Waals surface area contributed by atoms with Gasteiger partial charge in [0, 0.05) is 11.9 Å². The van der Waals surface area contributed by atoms with Crippen LogP contribution in [0.4, 0.5) is 0 Å². The lowest BCUT2D eigenvalue weighted by Gasteiger charge is -2.17. The average molecular weight is 177 g/mol. The Hall–Kier alpha value is -0.850. The van der Waals surface area contributed by atoms with Crippen LogP contribution < -0.4 is 0 Å². The predicted molar refractivity (Wildman–Crippen MR) is 56.8 cm³/mol. The summed E-state index contributed by atoms with van der Waals surface area (Å²) in [6.45, 7) is 8.94. The molecular weight excluding hydrogens is 158 g/mol. The molecule has 1 rings (SSSR count). The summed E-state index contributed by atoms with van der Waals surface area (Å²) < 4.78 is 0. The van der Waals surface area contributed by atoms with Crippen molar-refractivity contribution < 1.29 is 0 Å². The van der Waals surface area contributed by atoms with Gasteiger partial charge in [0.1, 0.15) is 0 Å². The van der Waals surface area contributed by atoms with Crippen LogP contribution in [0, 0.1) is 12.3 Å². The molecule has 0 atom stereocenters. The van der Waals surface area contributed by atoms with Crippen LogP contribution in [0.3, 0.4) is 0 Å². The Balaban J connectivity index is 2.60. The highest BCUT2D eigenvalue weighted by Gasteiger charge is 2.10. The highest BCUT2D eigenvalue weighted by Crippen LogP contribution is 2.21. The van der Waals surface area contributed by atoms with Crippen molar-refractivity contribution in [2.75, 3.05) is 0 Å². The molecule has 1 nitrogen and oxygen atoms in total. The van der Waals surface area contributed by atoms with Crippen LogP contribution in [-0.2, 0) is 6.42 Å². The van der Waals surface area contributed by atoms with Crippen molar-refractivity contribution in [3.63, 3.8) is 0 Å². The Morgan fingerprint density at radius 3 is 2.54 bits per heavy atom. The van der Waals surface area contributed by atoms with E-state index in [0.717, 1.165) is 6.42 Å². The Morgan fingerprint density at radius 2 is 2.00 bits per heavy atom. The summed E-state index contributed by atoms with van der Waals surface area (Å²) in [5.41, 5.74) is 2.97. The molecule has 0 unspecified atom stereocenters. The van der Waals surface area contributed by atoms with E-state index in [-0.39, 0.29) is 0 Å². The maximum absolute atomic E-state index is 4.38. The van der Waals surface area contributed by atoms with Gasteiger partial charge < -0.3 is 0 Å². The van der Waals surface area contributed by atoms with Crippen molar-refractivity contribution in [1.82, 2.24) is 4.98 Å². The third-order valence-corrected chi connectivity index (χ3v) is 2.23. The van der Waals surface area contributed by atoms with E-state index in [1.165, 1.54) is 17.7 Å². The van der Waals surface area contributed by atoms with Crippen molar-refractivity contribution in [2.45, 2.75) is 40.5 Å².